The first-order valence-electron chi connectivity index (χ1n) is 10.6. The molecule has 32 heavy (non-hydrogen) atoms. The second-order valence-electron chi connectivity index (χ2n) is 8.33. The predicted molar refractivity (Wildman–Crippen MR) is 110 cm³/mol. The molecular weight excluding hydrogens is 446 g/mol. The molecule has 178 valence electrons. The lowest BCUT2D eigenvalue weighted by Gasteiger charge is -2.36. The van der Waals surface area contributed by atoms with Crippen LogP contribution in [0.3, 0.4) is 0 Å². The standard InChI is InChI=1S/C21H28F2N2O6S/c1-13-11-24(12-14(2)30-13)20(26)15(3)31-21(27)16-6-8-25(9-7-16)32(28,29)19-10-17(22)4-5-18(19)23/h4-5,10,13-16H,6-9,11-12H2,1-3H3. The number of esters is 1. The second-order valence-corrected chi connectivity index (χ2v) is 10.2. The van der Waals surface area contributed by atoms with Gasteiger partial charge in [0.1, 0.15) is 16.5 Å². The van der Waals surface area contributed by atoms with Gasteiger partial charge >= 0.3 is 5.97 Å². The first-order valence-corrected chi connectivity index (χ1v) is 12.0. The van der Waals surface area contributed by atoms with Crippen LogP contribution < -0.4 is 0 Å². The molecule has 0 saturated carbocycles. The summed E-state index contributed by atoms with van der Waals surface area (Å²) >= 11 is 0. The second kappa shape index (κ2) is 9.80. The number of carbonyl (C=O) groups excluding carboxylic acids is 2. The molecule has 3 atom stereocenters. The van der Waals surface area contributed by atoms with Gasteiger partial charge in [0.25, 0.3) is 5.91 Å². The number of nitrogens with zero attached hydrogens (tertiary/aromatic N) is 2. The first-order chi connectivity index (χ1) is 15.0. The van der Waals surface area contributed by atoms with Crippen LogP contribution in [0.15, 0.2) is 23.1 Å². The number of rotatable bonds is 5. The van der Waals surface area contributed by atoms with E-state index in [1.165, 1.54) is 6.92 Å². The van der Waals surface area contributed by atoms with Gasteiger partial charge in [-0.2, -0.15) is 4.31 Å². The van der Waals surface area contributed by atoms with Crippen molar-refractivity contribution in [2.45, 2.75) is 56.8 Å². The lowest BCUT2D eigenvalue weighted by molar-refractivity contribution is -0.167. The minimum atomic E-state index is -4.23. The molecule has 1 aromatic rings. The highest BCUT2D eigenvalue weighted by atomic mass is 32.2. The molecule has 2 fully saturated rings. The molecule has 2 saturated heterocycles. The average Bonchev–Trinajstić information content (AvgIpc) is 2.74. The van der Waals surface area contributed by atoms with Crippen LogP contribution >= 0.6 is 0 Å². The number of hydrogen-bond donors (Lipinski definition) is 0. The van der Waals surface area contributed by atoms with Crippen molar-refractivity contribution in [3.8, 4) is 0 Å². The molecule has 0 aliphatic carbocycles. The molecule has 1 amide bonds. The summed E-state index contributed by atoms with van der Waals surface area (Å²) in [6, 6.07) is 2.25. The Kier molecular flexibility index (Phi) is 7.51. The van der Waals surface area contributed by atoms with E-state index in [0.717, 1.165) is 16.4 Å². The normalized spacial score (nSPS) is 24.2. The zero-order chi connectivity index (χ0) is 23.6. The van der Waals surface area contributed by atoms with Gasteiger partial charge < -0.3 is 14.4 Å². The maximum atomic E-state index is 14.0. The number of hydrogen-bond acceptors (Lipinski definition) is 6. The Hall–Kier alpha value is -2.11. The number of morpholine rings is 1. The van der Waals surface area contributed by atoms with Crippen molar-refractivity contribution >= 4 is 21.9 Å². The molecule has 2 aliphatic heterocycles. The number of amides is 1. The van der Waals surface area contributed by atoms with Crippen molar-refractivity contribution in [1.29, 1.82) is 0 Å². The number of ether oxygens (including phenoxy) is 2. The molecule has 0 bridgehead atoms. The van der Waals surface area contributed by atoms with Crippen molar-refractivity contribution in [2.75, 3.05) is 26.2 Å². The van der Waals surface area contributed by atoms with E-state index in [-0.39, 0.29) is 44.0 Å². The monoisotopic (exact) mass is 474 g/mol. The lowest BCUT2D eigenvalue weighted by atomic mass is 9.98. The highest BCUT2D eigenvalue weighted by Crippen LogP contribution is 2.27. The highest BCUT2D eigenvalue weighted by Gasteiger charge is 2.36. The molecule has 2 aliphatic rings. The quantitative estimate of drug-likeness (QED) is 0.606. The summed E-state index contributed by atoms with van der Waals surface area (Å²) in [6.45, 7) is 5.99. The van der Waals surface area contributed by atoms with Gasteiger partial charge in [-0.15, -0.1) is 0 Å². The Morgan fingerprint density at radius 2 is 1.72 bits per heavy atom. The van der Waals surface area contributed by atoms with Gasteiger partial charge in [-0.3, -0.25) is 9.59 Å². The molecule has 0 aromatic heterocycles. The zero-order valence-electron chi connectivity index (χ0n) is 18.3. The molecular formula is C21H28F2N2O6S. The fourth-order valence-corrected chi connectivity index (χ4v) is 5.63. The highest BCUT2D eigenvalue weighted by molar-refractivity contribution is 7.89. The van der Waals surface area contributed by atoms with Gasteiger partial charge in [-0.25, -0.2) is 17.2 Å². The van der Waals surface area contributed by atoms with Crippen LogP contribution in [0.2, 0.25) is 0 Å². The van der Waals surface area contributed by atoms with E-state index in [0.29, 0.717) is 19.2 Å². The van der Waals surface area contributed by atoms with Crippen molar-refractivity contribution in [3.63, 3.8) is 0 Å². The van der Waals surface area contributed by atoms with Gasteiger partial charge in [0.05, 0.1) is 18.1 Å². The summed E-state index contributed by atoms with van der Waals surface area (Å²) < 4.78 is 64.7. The van der Waals surface area contributed by atoms with Crippen LogP contribution in [0, 0.1) is 17.6 Å². The van der Waals surface area contributed by atoms with Crippen LogP contribution in [-0.4, -0.2) is 74.0 Å². The SMILES string of the molecule is CC1CN(C(=O)C(C)OC(=O)C2CCN(S(=O)(=O)c3cc(F)ccc3F)CC2)CC(C)O1. The molecule has 1 aromatic carbocycles. The Labute approximate surface area is 186 Å². The molecule has 2 heterocycles. The fraction of sp³-hybridized carbons (Fsp3) is 0.619. The smallest absolute Gasteiger partial charge is 0.309 e. The maximum Gasteiger partial charge on any atom is 0.309 e. The molecule has 8 nitrogen and oxygen atoms in total. The van der Waals surface area contributed by atoms with Gasteiger partial charge in [-0.1, -0.05) is 0 Å². The molecule has 3 unspecified atom stereocenters. The summed E-state index contributed by atoms with van der Waals surface area (Å²) in [7, 11) is -4.23. The third-order valence-corrected chi connectivity index (χ3v) is 7.58. The number of sulfonamides is 1. The number of piperidine rings is 1. The van der Waals surface area contributed by atoms with Gasteiger partial charge in [-0.05, 0) is 51.8 Å². The molecule has 0 radical (unpaired) electrons. The van der Waals surface area contributed by atoms with E-state index in [2.05, 4.69) is 0 Å². The van der Waals surface area contributed by atoms with Gasteiger partial charge in [0.2, 0.25) is 10.0 Å². The predicted octanol–water partition coefficient (Wildman–Crippen LogP) is 1.93. The van der Waals surface area contributed by atoms with Crippen molar-refractivity contribution in [2.24, 2.45) is 5.92 Å². The zero-order valence-corrected chi connectivity index (χ0v) is 19.1. The Balaban J connectivity index is 1.56. The summed E-state index contributed by atoms with van der Waals surface area (Å²) in [5, 5.41) is 0. The number of carbonyl (C=O) groups is 2. The van der Waals surface area contributed by atoms with E-state index in [1.807, 2.05) is 13.8 Å². The lowest BCUT2D eigenvalue weighted by Crippen LogP contribution is -2.51. The first kappa shape index (κ1) is 24.5. The minimum absolute atomic E-state index is 0.0428. The average molecular weight is 475 g/mol. The number of benzene rings is 1. The van der Waals surface area contributed by atoms with Gasteiger partial charge in [0, 0.05) is 26.2 Å². The summed E-state index contributed by atoms with van der Waals surface area (Å²) in [5.41, 5.74) is 0. The van der Waals surface area contributed by atoms with Crippen LogP contribution in [0.1, 0.15) is 33.6 Å². The molecule has 3 rings (SSSR count). The Bertz CT molecular complexity index is 955. The maximum absolute atomic E-state index is 14.0. The minimum Gasteiger partial charge on any atom is -0.452 e. The summed E-state index contributed by atoms with van der Waals surface area (Å²) in [6.07, 6.45) is -0.883. The van der Waals surface area contributed by atoms with E-state index >= 15 is 0 Å². The van der Waals surface area contributed by atoms with E-state index in [4.69, 9.17) is 9.47 Å². The fourth-order valence-electron chi connectivity index (χ4n) is 4.08. The van der Waals surface area contributed by atoms with Crippen LogP contribution in [0.25, 0.3) is 0 Å². The van der Waals surface area contributed by atoms with Crippen LogP contribution in [0.5, 0.6) is 0 Å². The molecule has 11 heteroatoms. The third-order valence-electron chi connectivity index (χ3n) is 5.67. The topological polar surface area (TPSA) is 93.2 Å². The Morgan fingerprint density at radius 3 is 2.31 bits per heavy atom. The van der Waals surface area contributed by atoms with Crippen molar-refractivity contribution in [3.05, 3.63) is 29.8 Å². The van der Waals surface area contributed by atoms with Crippen molar-refractivity contribution < 1.29 is 36.3 Å². The molecule has 0 spiro atoms. The van der Waals surface area contributed by atoms with Gasteiger partial charge in [0.15, 0.2) is 6.10 Å². The summed E-state index contributed by atoms with van der Waals surface area (Å²) in [5.74, 6) is -3.36. The summed E-state index contributed by atoms with van der Waals surface area (Å²) in [4.78, 5) is 26.1. The largest absolute Gasteiger partial charge is 0.452 e. The Morgan fingerprint density at radius 1 is 1.12 bits per heavy atom. The van der Waals surface area contributed by atoms with E-state index in [1.54, 1.807) is 4.90 Å². The third kappa shape index (κ3) is 5.44. The van der Waals surface area contributed by atoms with E-state index in [9.17, 15) is 26.8 Å². The van der Waals surface area contributed by atoms with E-state index < -0.39 is 44.5 Å². The molecule has 0 N–H and O–H groups in total. The van der Waals surface area contributed by atoms with Crippen LogP contribution in [-0.2, 0) is 29.1 Å². The number of halogens is 2. The van der Waals surface area contributed by atoms with Crippen LogP contribution in [0.4, 0.5) is 8.78 Å². The van der Waals surface area contributed by atoms with Crippen molar-refractivity contribution in [1.82, 2.24) is 9.21 Å².